The highest BCUT2D eigenvalue weighted by molar-refractivity contribution is 4.98. The van der Waals surface area contributed by atoms with Crippen LogP contribution in [0.5, 0.6) is 0 Å². The van der Waals surface area contributed by atoms with E-state index in [-0.39, 0.29) is 0 Å². The summed E-state index contributed by atoms with van der Waals surface area (Å²) in [6.07, 6.45) is 4.22. The lowest BCUT2D eigenvalue weighted by molar-refractivity contribution is 0.0258. The van der Waals surface area contributed by atoms with Crippen molar-refractivity contribution in [2.45, 2.75) is 25.3 Å². The largest absolute Gasteiger partial charge is 0.327 e. The van der Waals surface area contributed by atoms with E-state index in [2.05, 4.69) is 0 Å². The summed E-state index contributed by atoms with van der Waals surface area (Å²) in [4.78, 5) is 0. The monoisotopic (exact) mass is 97.1 g/mol. The molecule has 2 aliphatic rings. The molecule has 2 saturated carbocycles. The van der Waals surface area contributed by atoms with Crippen molar-refractivity contribution >= 4 is 0 Å². The van der Waals surface area contributed by atoms with Crippen molar-refractivity contribution in [3.8, 4) is 0 Å². The van der Waals surface area contributed by atoms with E-state index in [1.54, 1.807) is 0 Å². The molecule has 0 amide bonds. The summed E-state index contributed by atoms with van der Waals surface area (Å²) in [5.41, 5.74) is 5.66. The van der Waals surface area contributed by atoms with Crippen LogP contribution in [0.2, 0.25) is 0 Å². The van der Waals surface area contributed by atoms with Gasteiger partial charge in [0.2, 0.25) is 0 Å². The summed E-state index contributed by atoms with van der Waals surface area (Å²) >= 11 is 0. The summed E-state index contributed by atoms with van der Waals surface area (Å²) in [5.74, 6) is 2.02. The van der Waals surface area contributed by atoms with E-state index < -0.39 is 0 Å². The van der Waals surface area contributed by atoms with Gasteiger partial charge in [-0.15, -0.1) is 0 Å². The van der Waals surface area contributed by atoms with Crippen molar-refractivity contribution in [3.63, 3.8) is 0 Å². The van der Waals surface area contributed by atoms with Gasteiger partial charge in [0.1, 0.15) is 0 Å². The van der Waals surface area contributed by atoms with Crippen molar-refractivity contribution < 1.29 is 0 Å². The van der Waals surface area contributed by atoms with Gasteiger partial charge < -0.3 is 5.73 Å². The van der Waals surface area contributed by atoms with Gasteiger partial charge >= 0.3 is 0 Å². The fourth-order valence-electron chi connectivity index (χ4n) is 1.78. The molecule has 0 bridgehead atoms. The van der Waals surface area contributed by atoms with Crippen LogP contribution < -0.4 is 5.73 Å². The van der Waals surface area contributed by atoms with E-state index in [1.165, 1.54) is 19.3 Å². The molecule has 1 nitrogen and oxygen atoms in total. The molecule has 7 heavy (non-hydrogen) atoms. The molecule has 1 heteroatoms. The number of nitrogens with two attached hydrogens (primary N) is 1. The molecule has 3 atom stereocenters. The lowest BCUT2D eigenvalue weighted by Crippen LogP contribution is -2.53. The Labute approximate surface area is 43.9 Å². The maximum absolute atomic E-state index is 5.66. The predicted molar refractivity (Wildman–Crippen MR) is 28.8 cm³/mol. The number of hydrogen-bond donors (Lipinski definition) is 1. The Kier molecular flexibility index (Phi) is 0.571. The molecular formula is C6H11N. The second-order valence-electron chi connectivity index (χ2n) is 2.90. The molecule has 0 aliphatic heterocycles. The van der Waals surface area contributed by atoms with E-state index >= 15 is 0 Å². The van der Waals surface area contributed by atoms with E-state index in [1.807, 2.05) is 0 Å². The maximum atomic E-state index is 5.66. The number of fused-ring (bicyclic) bond motifs is 1. The Morgan fingerprint density at radius 3 is 2.14 bits per heavy atom. The lowest BCUT2D eigenvalue weighted by atomic mass is 9.57. The summed E-state index contributed by atoms with van der Waals surface area (Å²) in [5, 5.41) is 0. The van der Waals surface area contributed by atoms with Crippen LogP contribution in [0.3, 0.4) is 0 Å². The molecular weight excluding hydrogens is 86.1 g/mol. The molecule has 40 valence electrons. The highest BCUT2D eigenvalue weighted by atomic mass is 14.7. The van der Waals surface area contributed by atoms with Gasteiger partial charge in [0, 0.05) is 6.04 Å². The molecule has 0 heterocycles. The van der Waals surface area contributed by atoms with Gasteiger partial charge in [-0.05, 0) is 31.1 Å². The molecule has 0 aromatic rings. The van der Waals surface area contributed by atoms with Crippen LogP contribution in [-0.2, 0) is 0 Å². The molecule has 1 unspecified atom stereocenters. The summed E-state index contributed by atoms with van der Waals surface area (Å²) < 4.78 is 0. The average molecular weight is 97.2 g/mol. The Hall–Kier alpha value is -0.0400. The minimum Gasteiger partial charge on any atom is -0.327 e. The van der Waals surface area contributed by atoms with E-state index in [4.69, 9.17) is 5.73 Å². The first-order valence-electron chi connectivity index (χ1n) is 3.13. The van der Waals surface area contributed by atoms with Gasteiger partial charge in [-0.25, -0.2) is 0 Å². The van der Waals surface area contributed by atoms with Crippen molar-refractivity contribution in [1.82, 2.24) is 0 Å². The zero-order chi connectivity index (χ0) is 4.85. The third kappa shape index (κ3) is 0.325. The minimum atomic E-state index is 0.596. The molecule has 0 aromatic heterocycles. The van der Waals surface area contributed by atoms with Crippen molar-refractivity contribution in [2.24, 2.45) is 17.6 Å². The average Bonchev–Trinajstić information content (AvgIpc) is 1.59. The number of rotatable bonds is 0. The Bertz CT molecular complexity index is 86.2. The van der Waals surface area contributed by atoms with Gasteiger partial charge in [0.05, 0.1) is 0 Å². The minimum absolute atomic E-state index is 0.596. The SMILES string of the molecule is NC1C[C@@H]2CC[C@@H]12. The van der Waals surface area contributed by atoms with Crippen LogP contribution in [0, 0.1) is 11.8 Å². The highest BCUT2D eigenvalue weighted by Crippen LogP contribution is 2.48. The standard InChI is InChI=1S/C6H11N/c7-6-3-4-1-2-5(4)6/h4-6H,1-3,7H2/t4-,5+,6?/m0/s1. The second kappa shape index (κ2) is 1.03. The molecule has 0 radical (unpaired) electrons. The first kappa shape index (κ1) is 3.90. The van der Waals surface area contributed by atoms with Gasteiger partial charge in [-0.3, -0.25) is 0 Å². The third-order valence-corrected chi connectivity index (χ3v) is 2.60. The first-order chi connectivity index (χ1) is 3.38. The van der Waals surface area contributed by atoms with Crippen LogP contribution in [0.15, 0.2) is 0 Å². The Balaban J connectivity index is 1.99. The fraction of sp³-hybridized carbons (Fsp3) is 1.00. The lowest BCUT2D eigenvalue weighted by Gasteiger charge is -2.51. The van der Waals surface area contributed by atoms with Gasteiger partial charge in [0.25, 0.3) is 0 Å². The molecule has 0 saturated heterocycles. The Morgan fingerprint density at radius 1 is 1.29 bits per heavy atom. The van der Waals surface area contributed by atoms with Crippen LogP contribution in [0.4, 0.5) is 0 Å². The second-order valence-corrected chi connectivity index (χ2v) is 2.90. The van der Waals surface area contributed by atoms with E-state index in [0.29, 0.717) is 6.04 Å². The smallest absolute Gasteiger partial charge is 0.00725 e. The normalized spacial score (nSPS) is 57.0. The highest BCUT2D eigenvalue weighted by Gasteiger charge is 2.44. The Morgan fingerprint density at radius 2 is 2.14 bits per heavy atom. The summed E-state index contributed by atoms with van der Waals surface area (Å²) in [6, 6.07) is 0.596. The molecule has 0 spiro atoms. The van der Waals surface area contributed by atoms with Gasteiger partial charge in [-0.1, -0.05) is 0 Å². The fourth-order valence-corrected chi connectivity index (χ4v) is 1.78. The van der Waals surface area contributed by atoms with Gasteiger partial charge in [0.15, 0.2) is 0 Å². The number of hydrogen-bond acceptors (Lipinski definition) is 1. The molecule has 2 aliphatic carbocycles. The van der Waals surface area contributed by atoms with E-state index in [0.717, 1.165) is 11.8 Å². The first-order valence-corrected chi connectivity index (χ1v) is 3.13. The maximum Gasteiger partial charge on any atom is 0.00725 e. The third-order valence-electron chi connectivity index (χ3n) is 2.60. The van der Waals surface area contributed by atoms with Crippen LogP contribution >= 0.6 is 0 Å². The van der Waals surface area contributed by atoms with E-state index in [9.17, 15) is 0 Å². The van der Waals surface area contributed by atoms with Crippen LogP contribution in [0.1, 0.15) is 19.3 Å². The summed E-state index contributed by atoms with van der Waals surface area (Å²) in [6.45, 7) is 0. The molecule has 2 rings (SSSR count). The zero-order valence-electron chi connectivity index (χ0n) is 4.43. The van der Waals surface area contributed by atoms with Gasteiger partial charge in [-0.2, -0.15) is 0 Å². The van der Waals surface area contributed by atoms with Crippen molar-refractivity contribution in [3.05, 3.63) is 0 Å². The molecule has 0 aromatic carbocycles. The van der Waals surface area contributed by atoms with Crippen molar-refractivity contribution in [1.29, 1.82) is 0 Å². The molecule has 2 fully saturated rings. The zero-order valence-corrected chi connectivity index (χ0v) is 4.43. The van der Waals surface area contributed by atoms with Crippen molar-refractivity contribution in [2.75, 3.05) is 0 Å². The van der Waals surface area contributed by atoms with Crippen LogP contribution in [-0.4, -0.2) is 6.04 Å². The quantitative estimate of drug-likeness (QED) is 0.474. The topological polar surface area (TPSA) is 26.0 Å². The summed E-state index contributed by atoms with van der Waals surface area (Å²) in [7, 11) is 0. The predicted octanol–water partition coefficient (Wildman–Crippen LogP) is 0.744. The molecule has 2 N–H and O–H groups in total. The van der Waals surface area contributed by atoms with Crippen LogP contribution in [0.25, 0.3) is 0 Å².